The summed E-state index contributed by atoms with van der Waals surface area (Å²) in [5.74, 6) is 0. The first kappa shape index (κ1) is 17.0. The van der Waals surface area contributed by atoms with Crippen molar-refractivity contribution in [2.45, 2.75) is 60.3 Å². The SMILES string of the molecule is CCC.CCC=N.CCCC. The van der Waals surface area contributed by atoms with Gasteiger partial charge in [0.1, 0.15) is 0 Å². The molecule has 0 bridgehead atoms. The molecule has 1 N–H and O–H groups in total. The van der Waals surface area contributed by atoms with Crippen molar-refractivity contribution < 1.29 is 0 Å². The van der Waals surface area contributed by atoms with E-state index in [-0.39, 0.29) is 0 Å². The predicted molar refractivity (Wildman–Crippen MR) is 55.6 cm³/mol. The fraction of sp³-hybridized carbons (Fsp3) is 0.900. The van der Waals surface area contributed by atoms with Crippen LogP contribution in [-0.2, 0) is 0 Å². The molecule has 0 amide bonds. The van der Waals surface area contributed by atoms with Gasteiger partial charge in [-0.1, -0.05) is 53.9 Å². The van der Waals surface area contributed by atoms with Crippen molar-refractivity contribution >= 4 is 6.21 Å². The second-order valence-corrected chi connectivity index (χ2v) is 2.32. The molecule has 0 aliphatic rings. The number of hydrogen-bond donors (Lipinski definition) is 1. The first-order valence-corrected chi connectivity index (χ1v) is 4.73. The van der Waals surface area contributed by atoms with E-state index in [4.69, 9.17) is 5.41 Å². The average Bonchev–Trinajstić information content (AvgIpc) is 2.06. The lowest BCUT2D eigenvalue weighted by molar-refractivity contribution is 0.886. The van der Waals surface area contributed by atoms with E-state index in [1.807, 2.05) is 6.92 Å². The summed E-state index contributed by atoms with van der Waals surface area (Å²) in [6.45, 7) is 10.5. The summed E-state index contributed by atoms with van der Waals surface area (Å²) in [6, 6.07) is 0. The molecule has 0 fully saturated rings. The van der Waals surface area contributed by atoms with E-state index in [1.54, 1.807) is 0 Å². The van der Waals surface area contributed by atoms with Gasteiger partial charge in [0, 0.05) is 0 Å². The zero-order chi connectivity index (χ0) is 9.54. The molecule has 11 heavy (non-hydrogen) atoms. The van der Waals surface area contributed by atoms with E-state index >= 15 is 0 Å². The number of nitrogens with one attached hydrogen (secondary N) is 1. The Morgan fingerprint density at radius 2 is 1.09 bits per heavy atom. The quantitative estimate of drug-likeness (QED) is 0.582. The van der Waals surface area contributed by atoms with Gasteiger partial charge in [-0.15, -0.1) is 0 Å². The first-order chi connectivity index (χ1) is 5.24. The lowest BCUT2D eigenvalue weighted by Crippen LogP contribution is -1.52. The van der Waals surface area contributed by atoms with Crippen LogP contribution >= 0.6 is 0 Å². The van der Waals surface area contributed by atoms with E-state index in [9.17, 15) is 0 Å². The molecular formula is C10H25N. The fourth-order valence-corrected chi connectivity index (χ4v) is 0. The topological polar surface area (TPSA) is 23.9 Å². The number of rotatable bonds is 2. The lowest BCUT2D eigenvalue weighted by Gasteiger charge is -1.68. The maximum atomic E-state index is 6.33. The third-order valence-corrected chi connectivity index (χ3v) is 0.704. The van der Waals surface area contributed by atoms with E-state index in [2.05, 4.69) is 27.7 Å². The molecule has 0 aromatic heterocycles. The number of hydrogen-bond acceptors (Lipinski definition) is 1. The van der Waals surface area contributed by atoms with Crippen LogP contribution in [0.5, 0.6) is 0 Å². The van der Waals surface area contributed by atoms with Crippen LogP contribution in [0, 0.1) is 5.41 Å². The standard InChI is InChI=1S/C4H10.C3H7N.C3H8/c1-3-4-2;1-2-3-4;1-3-2/h3-4H2,1-2H3;3-4H,2H2,1H3;3H2,1-2H3. The van der Waals surface area contributed by atoms with Gasteiger partial charge in [0.15, 0.2) is 0 Å². The van der Waals surface area contributed by atoms with Crippen molar-refractivity contribution in [2.24, 2.45) is 0 Å². The maximum Gasteiger partial charge on any atom is -0.00505 e. The van der Waals surface area contributed by atoms with Gasteiger partial charge < -0.3 is 5.41 Å². The van der Waals surface area contributed by atoms with Crippen LogP contribution in [0.25, 0.3) is 0 Å². The summed E-state index contributed by atoms with van der Waals surface area (Å²) in [6.07, 6.45) is 6.12. The Hall–Kier alpha value is -0.330. The highest BCUT2D eigenvalue weighted by atomic mass is 14.3. The van der Waals surface area contributed by atoms with Gasteiger partial charge in [0.25, 0.3) is 0 Å². The maximum absolute atomic E-state index is 6.33. The zero-order valence-corrected chi connectivity index (χ0v) is 8.91. The Kier molecular flexibility index (Phi) is 51.4. The van der Waals surface area contributed by atoms with Gasteiger partial charge in [0.2, 0.25) is 0 Å². The summed E-state index contributed by atoms with van der Waals surface area (Å²) < 4.78 is 0. The highest BCUT2D eigenvalue weighted by Crippen LogP contribution is 1.76. The molecule has 0 saturated heterocycles. The van der Waals surface area contributed by atoms with E-state index < -0.39 is 0 Å². The van der Waals surface area contributed by atoms with Crippen molar-refractivity contribution in [3.8, 4) is 0 Å². The summed E-state index contributed by atoms with van der Waals surface area (Å²) >= 11 is 0. The van der Waals surface area contributed by atoms with Crippen LogP contribution in [0.2, 0.25) is 0 Å². The molecule has 0 aliphatic carbocycles. The Bertz CT molecular complexity index is 40.1. The fourth-order valence-electron chi connectivity index (χ4n) is 0. The van der Waals surface area contributed by atoms with Gasteiger partial charge in [-0.25, -0.2) is 0 Å². The van der Waals surface area contributed by atoms with Gasteiger partial charge in [-0.3, -0.25) is 0 Å². The molecule has 0 unspecified atom stereocenters. The van der Waals surface area contributed by atoms with Crippen molar-refractivity contribution in [2.75, 3.05) is 0 Å². The largest absolute Gasteiger partial charge is 0.313 e. The molecule has 1 heteroatoms. The molecule has 0 rings (SSSR count). The van der Waals surface area contributed by atoms with Crippen LogP contribution < -0.4 is 0 Å². The highest BCUT2D eigenvalue weighted by molar-refractivity contribution is 5.51. The molecule has 0 aromatic carbocycles. The zero-order valence-electron chi connectivity index (χ0n) is 8.91. The van der Waals surface area contributed by atoms with E-state index in [1.165, 1.54) is 25.5 Å². The van der Waals surface area contributed by atoms with Crippen molar-refractivity contribution in [3.05, 3.63) is 0 Å². The van der Waals surface area contributed by atoms with Crippen LogP contribution in [0.15, 0.2) is 0 Å². The molecule has 1 nitrogen and oxygen atoms in total. The predicted octanol–water partition coefficient (Wildman–Crippen LogP) is 4.27. The molecule has 0 atom stereocenters. The average molecular weight is 159 g/mol. The minimum Gasteiger partial charge on any atom is -0.313 e. The van der Waals surface area contributed by atoms with E-state index in [0.717, 1.165) is 6.42 Å². The van der Waals surface area contributed by atoms with Crippen molar-refractivity contribution in [1.82, 2.24) is 0 Å². The molecule has 0 heterocycles. The van der Waals surface area contributed by atoms with Crippen LogP contribution in [0.3, 0.4) is 0 Å². The minimum absolute atomic E-state index is 0.861. The van der Waals surface area contributed by atoms with E-state index in [0.29, 0.717) is 0 Å². The smallest absolute Gasteiger partial charge is 0.00505 e. The first-order valence-electron chi connectivity index (χ1n) is 4.73. The van der Waals surface area contributed by atoms with Gasteiger partial charge in [0.05, 0.1) is 0 Å². The monoisotopic (exact) mass is 159 g/mol. The van der Waals surface area contributed by atoms with Crippen molar-refractivity contribution in [1.29, 1.82) is 5.41 Å². The Morgan fingerprint density at radius 3 is 1.09 bits per heavy atom. The molecule has 0 aliphatic heterocycles. The van der Waals surface area contributed by atoms with Gasteiger partial charge >= 0.3 is 0 Å². The second-order valence-electron chi connectivity index (χ2n) is 2.32. The van der Waals surface area contributed by atoms with Gasteiger partial charge in [-0.2, -0.15) is 0 Å². The van der Waals surface area contributed by atoms with Crippen LogP contribution in [0.4, 0.5) is 0 Å². The second kappa shape index (κ2) is 33.3. The molecular weight excluding hydrogens is 134 g/mol. The normalized spacial score (nSPS) is 6.64. The van der Waals surface area contributed by atoms with Crippen LogP contribution in [-0.4, -0.2) is 6.21 Å². The van der Waals surface area contributed by atoms with Crippen LogP contribution in [0.1, 0.15) is 60.3 Å². The summed E-state index contributed by atoms with van der Waals surface area (Å²) in [7, 11) is 0. The van der Waals surface area contributed by atoms with Crippen molar-refractivity contribution in [3.63, 3.8) is 0 Å². The Morgan fingerprint density at radius 1 is 0.909 bits per heavy atom. The number of unbranched alkanes of at least 4 members (excludes halogenated alkanes) is 1. The Balaban J connectivity index is -0.0000000886. The molecule has 0 saturated carbocycles. The summed E-state index contributed by atoms with van der Waals surface area (Å²) in [5, 5.41) is 6.33. The summed E-state index contributed by atoms with van der Waals surface area (Å²) in [4.78, 5) is 0. The highest BCUT2D eigenvalue weighted by Gasteiger charge is 1.56. The third kappa shape index (κ3) is 204. The Labute approximate surface area is 72.7 Å². The summed E-state index contributed by atoms with van der Waals surface area (Å²) in [5.41, 5.74) is 0. The lowest BCUT2D eigenvalue weighted by atomic mass is 10.4. The molecule has 0 spiro atoms. The minimum atomic E-state index is 0.861. The molecule has 0 radical (unpaired) electrons. The third-order valence-electron chi connectivity index (χ3n) is 0.704. The molecule has 0 aromatic rings. The molecule has 70 valence electrons. The van der Waals surface area contributed by atoms with Gasteiger partial charge in [-0.05, 0) is 12.6 Å².